The minimum Gasteiger partial charge on any atom is -0.351 e. The summed E-state index contributed by atoms with van der Waals surface area (Å²) < 4.78 is 41.2. The molecule has 0 unspecified atom stereocenters. The van der Waals surface area contributed by atoms with Crippen molar-refractivity contribution < 1.29 is 22.8 Å². The second-order valence-electron chi connectivity index (χ2n) is 7.78. The zero-order chi connectivity index (χ0) is 23.6. The summed E-state index contributed by atoms with van der Waals surface area (Å²) in [7, 11) is 0. The van der Waals surface area contributed by atoms with Crippen LogP contribution < -0.4 is 16.5 Å². The highest BCUT2D eigenvalue weighted by atomic mass is 19.3. The number of alkyl halides is 2. The number of benzene rings is 1. The number of anilines is 1. The van der Waals surface area contributed by atoms with E-state index < -0.39 is 23.7 Å². The van der Waals surface area contributed by atoms with Crippen LogP contribution in [0.4, 0.5) is 23.8 Å². The number of hydrogen-bond acceptors (Lipinski definition) is 5. The molecule has 1 fully saturated rings. The molecule has 1 aliphatic heterocycles. The monoisotopic (exact) mass is 458 g/mol. The van der Waals surface area contributed by atoms with Crippen molar-refractivity contribution in [1.82, 2.24) is 20.4 Å². The number of primary amides is 1. The minimum absolute atomic E-state index is 0.00221. The van der Waals surface area contributed by atoms with Crippen LogP contribution in [0, 0.1) is 5.82 Å². The Bertz CT molecular complexity index is 1220. The number of rotatable bonds is 4. The van der Waals surface area contributed by atoms with Gasteiger partial charge < -0.3 is 5.73 Å². The Balaban J connectivity index is 1.72. The molecule has 0 atom stereocenters. The van der Waals surface area contributed by atoms with Gasteiger partial charge in [0.1, 0.15) is 11.6 Å². The van der Waals surface area contributed by atoms with Crippen LogP contribution >= 0.6 is 0 Å². The van der Waals surface area contributed by atoms with E-state index in [1.54, 1.807) is 12.1 Å². The smallest absolute Gasteiger partial charge is 0.317 e. The van der Waals surface area contributed by atoms with Gasteiger partial charge in [0.05, 0.1) is 16.8 Å². The zero-order valence-corrected chi connectivity index (χ0v) is 17.4. The molecule has 1 aliphatic rings. The number of urea groups is 1. The van der Waals surface area contributed by atoms with E-state index in [-0.39, 0.29) is 49.4 Å². The number of carbonyl (C=O) groups excluding carboxylic acids is 2. The highest BCUT2D eigenvalue weighted by Crippen LogP contribution is 2.29. The van der Waals surface area contributed by atoms with Crippen LogP contribution in [0.2, 0.25) is 0 Å². The first-order valence-corrected chi connectivity index (χ1v) is 10.3. The van der Waals surface area contributed by atoms with Crippen molar-refractivity contribution in [2.45, 2.75) is 25.2 Å². The van der Waals surface area contributed by atoms with E-state index in [1.807, 2.05) is 0 Å². The molecule has 1 saturated heterocycles. The van der Waals surface area contributed by atoms with Crippen LogP contribution in [0.25, 0.3) is 22.2 Å². The number of nitrogens with two attached hydrogens (primary N) is 1. The number of hydrogen-bond donors (Lipinski definition) is 3. The molecule has 1 aromatic carbocycles. The van der Waals surface area contributed by atoms with Crippen molar-refractivity contribution >= 4 is 28.7 Å². The van der Waals surface area contributed by atoms with Crippen LogP contribution in [-0.4, -0.2) is 45.9 Å². The lowest BCUT2D eigenvalue weighted by Crippen LogP contribution is -2.43. The Morgan fingerprint density at radius 1 is 1.09 bits per heavy atom. The zero-order valence-electron chi connectivity index (χ0n) is 17.4. The summed E-state index contributed by atoms with van der Waals surface area (Å²) in [6.07, 6.45) is 1.04. The summed E-state index contributed by atoms with van der Waals surface area (Å²) in [6, 6.07) is 7.77. The molecule has 11 heteroatoms. The number of nitrogens with one attached hydrogen (secondary N) is 2. The second kappa shape index (κ2) is 9.02. The predicted molar refractivity (Wildman–Crippen MR) is 116 cm³/mol. The summed E-state index contributed by atoms with van der Waals surface area (Å²) in [6.45, 7) is 0.285. The topological polar surface area (TPSA) is 113 Å². The Morgan fingerprint density at radius 2 is 1.91 bits per heavy atom. The number of aromatic nitrogens is 2. The van der Waals surface area contributed by atoms with Gasteiger partial charge in [-0.25, -0.2) is 32.9 Å². The molecule has 0 spiro atoms. The highest BCUT2D eigenvalue weighted by molar-refractivity contribution is 6.03. The first-order chi connectivity index (χ1) is 15.7. The molecule has 8 nitrogen and oxygen atoms in total. The van der Waals surface area contributed by atoms with Gasteiger partial charge >= 0.3 is 6.03 Å². The lowest BCUT2D eigenvalue weighted by Gasteiger charge is -2.22. The van der Waals surface area contributed by atoms with Crippen molar-refractivity contribution in [3.8, 4) is 11.3 Å². The van der Waals surface area contributed by atoms with Gasteiger partial charge in [-0.1, -0.05) is 0 Å². The largest absolute Gasteiger partial charge is 0.351 e. The number of fused-ring (bicyclic) bond motifs is 1. The van der Waals surface area contributed by atoms with Crippen molar-refractivity contribution in [3.63, 3.8) is 0 Å². The Hall–Kier alpha value is -3.73. The lowest BCUT2D eigenvalue weighted by atomic mass is 10.0. The number of pyridine rings is 2. The van der Waals surface area contributed by atoms with Gasteiger partial charge in [-0.15, -0.1) is 0 Å². The van der Waals surface area contributed by atoms with Gasteiger partial charge in [0.25, 0.3) is 5.91 Å². The van der Waals surface area contributed by atoms with Gasteiger partial charge in [-0.3, -0.25) is 15.5 Å². The fourth-order valence-electron chi connectivity index (χ4n) is 3.69. The number of amides is 3. The molecule has 4 N–H and O–H groups in total. The van der Waals surface area contributed by atoms with E-state index in [0.29, 0.717) is 16.5 Å². The van der Waals surface area contributed by atoms with Crippen LogP contribution in [-0.2, 0) is 0 Å². The molecule has 3 amide bonds. The van der Waals surface area contributed by atoms with E-state index in [1.165, 1.54) is 35.5 Å². The third kappa shape index (κ3) is 5.37. The SMILES string of the molecule is NC(=O)Nc1cc(-c2nc3cc(F)ccc3cc2C(=O)NN2CCCC(F)(F)CC2)ccn1. The van der Waals surface area contributed by atoms with E-state index in [9.17, 15) is 22.8 Å². The van der Waals surface area contributed by atoms with Gasteiger partial charge in [-0.05, 0) is 36.8 Å². The molecule has 172 valence electrons. The van der Waals surface area contributed by atoms with E-state index >= 15 is 0 Å². The number of halogens is 3. The van der Waals surface area contributed by atoms with Gasteiger partial charge in [0.15, 0.2) is 0 Å². The Kier molecular flexibility index (Phi) is 6.14. The molecule has 2 aromatic heterocycles. The average Bonchev–Trinajstić information content (AvgIpc) is 2.92. The highest BCUT2D eigenvalue weighted by Gasteiger charge is 2.32. The summed E-state index contributed by atoms with van der Waals surface area (Å²) in [5.74, 6) is -3.66. The second-order valence-corrected chi connectivity index (χ2v) is 7.78. The average molecular weight is 458 g/mol. The van der Waals surface area contributed by atoms with E-state index in [0.717, 1.165) is 0 Å². The summed E-state index contributed by atoms with van der Waals surface area (Å²) in [5, 5.41) is 4.34. The van der Waals surface area contributed by atoms with Crippen molar-refractivity contribution in [3.05, 3.63) is 54.0 Å². The Morgan fingerprint density at radius 3 is 2.70 bits per heavy atom. The van der Waals surface area contributed by atoms with Crippen molar-refractivity contribution in [2.24, 2.45) is 5.73 Å². The maximum absolute atomic E-state index is 13.8. The van der Waals surface area contributed by atoms with Gasteiger partial charge in [0.2, 0.25) is 5.92 Å². The summed E-state index contributed by atoms with van der Waals surface area (Å²) in [5.41, 5.74) is 8.94. The molecule has 4 rings (SSSR count). The molecule has 33 heavy (non-hydrogen) atoms. The third-order valence-corrected chi connectivity index (χ3v) is 5.29. The van der Waals surface area contributed by atoms with E-state index in [2.05, 4.69) is 20.7 Å². The van der Waals surface area contributed by atoms with Gasteiger partial charge in [-0.2, -0.15) is 0 Å². The molecule has 0 aliphatic carbocycles. The number of hydrazine groups is 1. The number of nitrogens with zero attached hydrogens (tertiary/aromatic N) is 3. The Labute approximate surface area is 187 Å². The van der Waals surface area contributed by atoms with Crippen LogP contribution in [0.1, 0.15) is 29.6 Å². The van der Waals surface area contributed by atoms with Crippen LogP contribution in [0.15, 0.2) is 42.6 Å². The quantitative estimate of drug-likeness (QED) is 0.552. The predicted octanol–water partition coefficient (Wildman–Crippen LogP) is 3.69. The molecule has 3 aromatic rings. The molecular formula is C22H21F3N6O2. The first kappa shape index (κ1) is 22.5. The van der Waals surface area contributed by atoms with Crippen LogP contribution in [0.5, 0.6) is 0 Å². The molecule has 3 heterocycles. The fraction of sp³-hybridized carbons (Fsp3) is 0.273. The fourth-order valence-corrected chi connectivity index (χ4v) is 3.69. The van der Waals surface area contributed by atoms with Crippen LogP contribution in [0.3, 0.4) is 0 Å². The maximum atomic E-state index is 13.8. The standard InChI is InChI=1S/C22H21F3N6O2/c23-15-3-2-13-10-16(20(32)30-31-8-1-5-22(24,25)6-9-31)19(28-17(13)12-15)14-4-7-27-18(11-14)29-21(26)33/h2-4,7,10-12H,1,5-6,8-9H2,(H,30,32)(H3,26,27,29,33). The normalized spacial score (nSPS) is 16.2. The lowest BCUT2D eigenvalue weighted by molar-refractivity contribution is -0.0143. The third-order valence-electron chi connectivity index (χ3n) is 5.29. The van der Waals surface area contributed by atoms with Gasteiger partial charge in [0, 0.05) is 49.1 Å². The molecule has 0 saturated carbocycles. The minimum atomic E-state index is -2.76. The van der Waals surface area contributed by atoms with E-state index in [4.69, 9.17) is 5.73 Å². The first-order valence-electron chi connectivity index (χ1n) is 10.3. The number of carbonyl (C=O) groups is 2. The summed E-state index contributed by atoms with van der Waals surface area (Å²) in [4.78, 5) is 32.8. The summed E-state index contributed by atoms with van der Waals surface area (Å²) >= 11 is 0. The molecular weight excluding hydrogens is 437 g/mol. The van der Waals surface area contributed by atoms with Crippen molar-refractivity contribution in [1.29, 1.82) is 0 Å². The maximum Gasteiger partial charge on any atom is 0.317 e. The molecule has 0 bridgehead atoms. The molecule has 0 radical (unpaired) electrons. The van der Waals surface area contributed by atoms with Crippen molar-refractivity contribution in [2.75, 3.05) is 18.4 Å².